The number of nitrogen functional groups attached to an aromatic ring is 1. The maximum Gasteiger partial charge on any atom is 0.270 e. The van der Waals surface area contributed by atoms with Crippen LogP contribution in [-0.4, -0.2) is 36.6 Å². The quantitative estimate of drug-likeness (QED) is 0.820. The molecule has 0 radical (unpaired) electrons. The summed E-state index contributed by atoms with van der Waals surface area (Å²) in [4.78, 5) is 23.6. The molecule has 2 aromatic rings. The van der Waals surface area contributed by atoms with Gasteiger partial charge in [0.25, 0.3) is 5.91 Å². The molecule has 0 spiro atoms. The fourth-order valence-corrected chi connectivity index (χ4v) is 1.93. The van der Waals surface area contributed by atoms with Crippen LogP contribution in [0.3, 0.4) is 0 Å². The van der Waals surface area contributed by atoms with E-state index in [-0.39, 0.29) is 30.1 Å². The van der Waals surface area contributed by atoms with Crippen molar-refractivity contribution < 1.29 is 9.59 Å². The van der Waals surface area contributed by atoms with Gasteiger partial charge in [-0.15, -0.1) is 5.10 Å². The molecule has 0 bridgehead atoms. The number of hydrogen-bond acceptors (Lipinski definition) is 6. The predicted molar refractivity (Wildman–Crippen MR) is 73.4 cm³/mol. The number of nitrogens with zero attached hydrogens (tertiary/aromatic N) is 5. The van der Waals surface area contributed by atoms with Gasteiger partial charge in [-0.2, -0.15) is 9.78 Å². The minimum Gasteiger partial charge on any atom is -0.383 e. The number of rotatable bonds is 4. The van der Waals surface area contributed by atoms with Gasteiger partial charge in [-0.3, -0.25) is 9.59 Å². The van der Waals surface area contributed by atoms with Crippen molar-refractivity contribution in [1.82, 2.24) is 24.8 Å². The lowest BCUT2D eigenvalue weighted by Crippen LogP contribution is -2.21. The van der Waals surface area contributed by atoms with E-state index in [4.69, 9.17) is 5.73 Å². The summed E-state index contributed by atoms with van der Waals surface area (Å²) >= 11 is 0. The molecule has 9 heteroatoms. The number of aryl methyl sites for hydroxylation is 1. The number of hydrogen-bond donors (Lipinski definition) is 2. The number of anilines is 2. The van der Waals surface area contributed by atoms with E-state index in [2.05, 4.69) is 20.7 Å². The number of nitrogens with two attached hydrogens (primary N) is 1. The van der Waals surface area contributed by atoms with Crippen LogP contribution in [0.25, 0.3) is 0 Å². The lowest BCUT2D eigenvalue weighted by atomic mass is 10.4. The van der Waals surface area contributed by atoms with Crippen molar-refractivity contribution in [1.29, 1.82) is 0 Å². The summed E-state index contributed by atoms with van der Waals surface area (Å²) in [5.41, 5.74) is 6.35. The van der Waals surface area contributed by atoms with Crippen molar-refractivity contribution in [3.05, 3.63) is 18.0 Å². The third kappa shape index (κ3) is 2.91. The van der Waals surface area contributed by atoms with E-state index >= 15 is 0 Å². The smallest absolute Gasteiger partial charge is 0.270 e. The van der Waals surface area contributed by atoms with Crippen LogP contribution in [0.15, 0.2) is 12.3 Å². The van der Waals surface area contributed by atoms with Crippen LogP contribution in [0.1, 0.15) is 23.3 Å². The van der Waals surface area contributed by atoms with Gasteiger partial charge < -0.3 is 11.1 Å². The first-order valence-electron chi connectivity index (χ1n) is 6.59. The number of carbonyl (C=O) groups is 2. The zero-order chi connectivity index (χ0) is 15.0. The summed E-state index contributed by atoms with van der Waals surface area (Å²) in [7, 11) is 0. The lowest BCUT2D eigenvalue weighted by molar-refractivity contribution is -0.117. The lowest BCUT2D eigenvalue weighted by Gasteiger charge is -2.02. The first-order valence-corrected chi connectivity index (χ1v) is 6.59. The summed E-state index contributed by atoms with van der Waals surface area (Å²) in [6.07, 6.45) is 3.33. The second kappa shape index (κ2) is 5.00. The molecule has 0 atom stereocenters. The fourth-order valence-electron chi connectivity index (χ4n) is 1.93. The number of amides is 1. The maximum atomic E-state index is 12.0. The molecule has 1 aliphatic rings. The van der Waals surface area contributed by atoms with Crippen molar-refractivity contribution >= 4 is 23.5 Å². The Morgan fingerprint density at radius 1 is 1.48 bits per heavy atom. The highest BCUT2D eigenvalue weighted by Gasteiger charge is 2.30. The second-order valence-corrected chi connectivity index (χ2v) is 5.08. The number of nitrogens with one attached hydrogen (secondary N) is 1. The molecule has 2 heterocycles. The summed E-state index contributed by atoms with van der Waals surface area (Å²) in [6.45, 7) is 1.69. The first kappa shape index (κ1) is 13.3. The molecule has 2 aromatic heterocycles. The fraction of sp³-hybridized carbons (Fsp3) is 0.417. The standard InChI is InChI=1S/C12H15N7O2/c1-7-4-9(13)19(16-7)11(20)6-18-5-10(15-17-18)14-12(21)8-2-3-8/h4-5,8H,2-3,6,13H2,1H3,(H,14,21). The molecule has 0 saturated heterocycles. The van der Waals surface area contributed by atoms with E-state index in [9.17, 15) is 9.59 Å². The third-order valence-corrected chi connectivity index (χ3v) is 3.13. The predicted octanol–water partition coefficient (Wildman–Crippen LogP) is 0.0541. The molecule has 0 unspecified atom stereocenters. The summed E-state index contributed by atoms with van der Waals surface area (Å²) < 4.78 is 2.46. The van der Waals surface area contributed by atoms with Crippen molar-refractivity contribution in [3.8, 4) is 0 Å². The summed E-state index contributed by atoms with van der Waals surface area (Å²) in [5.74, 6) is 0.318. The molecule has 1 fully saturated rings. The van der Waals surface area contributed by atoms with E-state index in [1.165, 1.54) is 10.9 Å². The minimum absolute atomic E-state index is 0.0553. The zero-order valence-corrected chi connectivity index (χ0v) is 11.5. The molecule has 1 saturated carbocycles. The van der Waals surface area contributed by atoms with E-state index in [0.29, 0.717) is 11.5 Å². The average molecular weight is 289 g/mol. The van der Waals surface area contributed by atoms with Gasteiger partial charge in [0.15, 0.2) is 5.82 Å². The van der Waals surface area contributed by atoms with E-state index in [1.54, 1.807) is 13.0 Å². The molecule has 3 N–H and O–H groups in total. The molecular formula is C12H15N7O2. The molecule has 3 rings (SSSR count). The minimum atomic E-state index is -0.328. The maximum absolute atomic E-state index is 12.0. The Morgan fingerprint density at radius 3 is 2.86 bits per heavy atom. The van der Waals surface area contributed by atoms with Crippen LogP contribution < -0.4 is 11.1 Å². The van der Waals surface area contributed by atoms with Crippen LogP contribution in [0, 0.1) is 12.8 Å². The number of carbonyl (C=O) groups excluding carboxylic acids is 2. The Hall–Kier alpha value is -2.71. The van der Waals surface area contributed by atoms with Crippen molar-refractivity contribution in [2.45, 2.75) is 26.3 Å². The monoisotopic (exact) mass is 289 g/mol. The Bertz CT molecular complexity index is 698. The Morgan fingerprint density at radius 2 is 2.24 bits per heavy atom. The molecule has 9 nitrogen and oxygen atoms in total. The molecule has 1 amide bonds. The largest absolute Gasteiger partial charge is 0.383 e. The highest BCUT2D eigenvalue weighted by molar-refractivity contribution is 5.93. The van der Waals surface area contributed by atoms with Gasteiger partial charge in [-0.05, 0) is 19.8 Å². The topological polar surface area (TPSA) is 121 Å². The molecular weight excluding hydrogens is 274 g/mol. The van der Waals surface area contributed by atoms with Crippen LogP contribution in [0.5, 0.6) is 0 Å². The second-order valence-electron chi connectivity index (χ2n) is 5.08. The van der Waals surface area contributed by atoms with E-state index < -0.39 is 0 Å². The van der Waals surface area contributed by atoms with Gasteiger partial charge in [-0.1, -0.05) is 5.21 Å². The molecule has 0 aromatic carbocycles. The van der Waals surface area contributed by atoms with Crippen molar-refractivity contribution in [2.75, 3.05) is 11.1 Å². The molecule has 21 heavy (non-hydrogen) atoms. The van der Waals surface area contributed by atoms with Crippen LogP contribution in [-0.2, 0) is 11.3 Å². The third-order valence-electron chi connectivity index (χ3n) is 3.13. The molecule has 1 aliphatic carbocycles. The Kier molecular flexibility index (Phi) is 3.16. The van der Waals surface area contributed by atoms with Gasteiger partial charge in [0.1, 0.15) is 12.4 Å². The summed E-state index contributed by atoms with van der Waals surface area (Å²) in [5, 5.41) is 14.3. The van der Waals surface area contributed by atoms with Gasteiger partial charge in [0.05, 0.1) is 11.9 Å². The van der Waals surface area contributed by atoms with Gasteiger partial charge in [-0.25, -0.2) is 4.68 Å². The Labute approximate surface area is 120 Å². The van der Waals surface area contributed by atoms with Crippen LogP contribution in [0.4, 0.5) is 11.6 Å². The average Bonchev–Trinajstić information content (AvgIpc) is 3.10. The highest BCUT2D eigenvalue weighted by atomic mass is 16.2. The number of aromatic nitrogens is 5. The summed E-state index contributed by atoms with van der Waals surface area (Å²) in [6, 6.07) is 1.61. The SMILES string of the molecule is Cc1cc(N)n(C(=O)Cn2cc(NC(=O)C3CC3)nn2)n1. The zero-order valence-electron chi connectivity index (χ0n) is 11.5. The van der Waals surface area contributed by atoms with Crippen molar-refractivity contribution in [3.63, 3.8) is 0 Å². The Balaban J connectivity index is 1.65. The van der Waals surface area contributed by atoms with Crippen LogP contribution >= 0.6 is 0 Å². The van der Waals surface area contributed by atoms with E-state index in [0.717, 1.165) is 17.5 Å². The first-order chi connectivity index (χ1) is 10.0. The molecule has 110 valence electrons. The van der Waals surface area contributed by atoms with Gasteiger partial charge >= 0.3 is 0 Å². The normalized spacial score (nSPS) is 14.1. The van der Waals surface area contributed by atoms with Crippen LogP contribution in [0.2, 0.25) is 0 Å². The van der Waals surface area contributed by atoms with E-state index in [1.807, 2.05) is 0 Å². The molecule has 0 aliphatic heterocycles. The highest BCUT2D eigenvalue weighted by Crippen LogP contribution is 2.29. The van der Waals surface area contributed by atoms with Gasteiger partial charge in [0.2, 0.25) is 5.91 Å². The van der Waals surface area contributed by atoms with Gasteiger partial charge in [0, 0.05) is 12.0 Å². The van der Waals surface area contributed by atoms with Crippen molar-refractivity contribution in [2.24, 2.45) is 5.92 Å².